The average molecular weight is 451 g/mol. The molecule has 0 bridgehead atoms. The Hall–Kier alpha value is -1.86. The van der Waals surface area contributed by atoms with Gasteiger partial charge in [0.1, 0.15) is 25.4 Å². The molecule has 2 atom stereocenters. The van der Waals surface area contributed by atoms with Gasteiger partial charge in [-0.3, -0.25) is 9.80 Å². The van der Waals surface area contributed by atoms with E-state index in [0.29, 0.717) is 23.3 Å². The first-order valence-corrected chi connectivity index (χ1v) is 11.0. The van der Waals surface area contributed by atoms with Crippen molar-refractivity contribution in [1.82, 2.24) is 9.80 Å². The number of fused-ring (bicyclic) bond motifs is 2. The molecule has 0 amide bonds. The van der Waals surface area contributed by atoms with Crippen LogP contribution in [0.15, 0.2) is 36.4 Å². The smallest absolute Gasteiger partial charge is 0.163 e. The van der Waals surface area contributed by atoms with Crippen LogP contribution in [0.3, 0.4) is 0 Å². The molecule has 0 spiro atoms. The van der Waals surface area contributed by atoms with Crippen molar-refractivity contribution < 1.29 is 18.9 Å². The van der Waals surface area contributed by atoms with E-state index in [9.17, 15) is 0 Å². The first-order valence-electron chi connectivity index (χ1n) is 10.2. The van der Waals surface area contributed by atoms with E-state index in [1.165, 1.54) is 0 Å². The van der Waals surface area contributed by atoms with E-state index in [1.54, 1.807) is 0 Å². The highest BCUT2D eigenvalue weighted by Crippen LogP contribution is 2.35. The van der Waals surface area contributed by atoms with Gasteiger partial charge in [0.25, 0.3) is 0 Å². The molecule has 3 aliphatic rings. The van der Waals surface area contributed by atoms with E-state index in [0.717, 1.165) is 62.3 Å². The summed E-state index contributed by atoms with van der Waals surface area (Å²) in [7, 11) is 0. The second kappa shape index (κ2) is 8.71. The second-order valence-corrected chi connectivity index (χ2v) is 8.76. The molecular formula is C22H24Cl2N2O4. The number of hydrogen-bond donors (Lipinski definition) is 0. The quantitative estimate of drug-likeness (QED) is 0.708. The van der Waals surface area contributed by atoms with Crippen LogP contribution in [0.4, 0.5) is 0 Å². The fourth-order valence-corrected chi connectivity index (χ4v) is 4.41. The number of rotatable bonds is 4. The normalized spacial score (nSPS) is 23.9. The molecule has 2 unspecified atom stereocenters. The SMILES string of the molecule is Clc1ccc2c(c1)OC(CN1CCN(CC3COc4ccc(Cl)cc4O3)CC1)CO2. The fourth-order valence-electron chi connectivity index (χ4n) is 4.09. The van der Waals surface area contributed by atoms with E-state index in [1.807, 2.05) is 36.4 Å². The molecule has 0 aromatic heterocycles. The first kappa shape index (κ1) is 20.1. The van der Waals surface area contributed by atoms with Crippen LogP contribution in [0.2, 0.25) is 10.0 Å². The molecule has 30 heavy (non-hydrogen) atoms. The molecule has 2 aromatic rings. The Morgan fingerprint density at radius 1 is 0.667 bits per heavy atom. The molecule has 160 valence electrons. The van der Waals surface area contributed by atoms with Crippen molar-refractivity contribution in [2.45, 2.75) is 12.2 Å². The minimum atomic E-state index is 0.0128. The lowest BCUT2D eigenvalue weighted by Gasteiger charge is -2.39. The number of benzene rings is 2. The van der Waals surface area contributed by atoms with Crippen molar-refractivity contribution in [3.63, 3.8) is 0 Å². The maximum Gasteiger partial charge on any atom is 0.163 e. The molecule has 0 radical (unpaired) electrons. The molecule has 0 saturated carbocycles. The van der Waals surface area contributed by atoms with Gasteiger partial charge in [0, 0.05) is 61.4 Å². The Morgan fingerprint density at radius 3 is 1.53 bits per heavy atom. The third-order valence-corrected chi connectivity index (χ3v) is 6.11. The highest BCUT2D eigenvalue weighted by molar-refractivity contribution is 6.31. The van der Waals surface area contributed by atoms with Gasteiger partial charge in [-0.25, -0.2) is 0 Å². The minimum absolute atomic E-state index is 0.0128. The standard InChI is InChI=1S/C22H24Cl2N2O4/c23-15-1-3-19-21(9-15)29-17(13-27-19)11-25-5-7-26(8-6-25)12-18-14-28-20-4-2-16(24)10-22(20)30-18/h1-4,9-10,17-18H,5-8,11-14H2. The van der Waals surface area contributed by atoms with Crippen LogP contribution in [0, 0.1) is 0 Å². The molecule has 1 saturated heterocycles. The first-order chi connectivity index (χ1) is 14.6. The highest BCUT2D eigenvalue weighted by atomic mass is 35.5. The van der Waals surface area contributed by atoms with Crippen molar-refractivity contribution >= 4 is 23.2 Å². The van der Waals surface area contributed by atoms with Gasteiger partial charge in [0.2, 0.25) is 0 Å². The van der Waals surface area contributed by atoms with Gasteiger partial charge in [-0.15, -0.1) is 0 Å². The zero-order chi connectivity index (χ0) is 20.5. The summed E-state index contributed by atoms with van der Waals surface area (Å²) in [6.45, 7) is 6.74. The van der Waals surface area contributed by atoms with Crippen molar-refractivity contribution in [2.75, 3.05) is 52.5 Å². The van der Waals surface area contributed by atoms with Gasteiger partial charge in [-0.05, 0) is 24.3 Å². The van der Waals surface area contributed by atoms with Gasteiger partial charge in [-0.2, -0.15) is 0 Å². The maximum atomic E-state index is 6.09. The maximum absolute atomic E-state index is 6.09. The lowest BCUT2D eigenvalue weighted by Crippen LogP contribution is -2.53. The lowest BCUT2D eigenvalue weighted by atomic mass is 10.2. The molecule has 6 nitrogen and oxygen atoms in total. The van der Waals surface area contributed by atoms with Crippen molar-refractivity contribution in [3.8, 4) is 23.0 Å². The van der Waals surface area contributed by atoms with Crippen LogP contribution in [0.25, 0.3) is 0 Å². The molecule has 1 fully saturated rings. The van der Waals surface area contributed by atoms with Crippen LogP contribution in [-0.2, 0) is 0 Å². The summed E-state index contributed by atoms with van der Waals surface area (Å²) in [4.78, 5) is 4.85. The summed E-state index contributed by atoms with van der Waals surface area (Å²) in [6, 6.07) is 11.0. The Labute approximate surface area is 186 Å². The Kier molecular flexibility index (Phi) is 5.83. The number of piperazine rings is 1. The van der Waals surface area contributed by atoms with Crippen LogP contribution in [-0.4, -0.2) is 74.5 Å². The summed E-state index contributed by atoms with van der Waals surface area (Å²) < 4.78 is 23.9. The summed E-state index contributed by atoms with van der Waals surface area (Å²) >= 11 is 12.1. The van der Waals surface area contributed by atoms with Crippen LogP contribution < -0.4 is 18.9 Å². The Morgan fingerprint density at radius 2 is 1.10 bits per heavy atom. The van der Waals surface area contributed by atoms with E-state index < -0.39 is 0 Å². The number of halogens is 2. The van der Waals surface area contributed by atoms with Crippen molar-refractivity contribution in [3.05, 3.63) is 46.4 Å². The lowest BCUT2D eigenvalue weighted by molar-refractivity contribution is 0.0201. The molecule has 5 rings (SSSR count). The molecule has 3 heterocycles. The van der Waals surface area contributed by atoms with Gasteiger partial charge >= 0.3 is 0 Å². The zero-order valence-electron chi connectivity index (χ0n) is 16.6. The van der Waals surface area contributed by atoms with Crippen LogP contribution >= 0.6 is 23.2 Å². The minimum Gasteiger partial charge on any atom is -0.486 e. The Bertz CT molecular complexity index is 831. The predicted octanol–water partition coefficient (Wildman–Crippen LogP) is 3.59. The Balaban J connectivity index is 1.09. The molecule has 3 aliphatic heterocycles. The average Bonchev–Trinajstić information content (AvgIpc) is 2.74. The highest BCUT2D eigenvalue weighted by Gasteiger charge is 2.28. The topological polar surface area (TPSA) is 43.4 Å². The van der Waals surface area contributed by atoms with Gasteiger partial charge < -0.3 is 18.9 Å². The summed E-state index contributed by atoms with van der Waals surface area (Å²) in [6.07, 6.45) is 0.0256. The molecule has 0 N–H and O–H groups in total. The number of hydrogen-bond acceptors (Lipinski definition) is 6. The van der Waals surface area contributed by atoms with E-state index in [-0.39, 0.29) is 12.2 Å². The van der Waals surface area contributed by atoms with E-state index in [2.05, 4.69) is 9.80 Å². The third-order valence-electron chi connectivity index (χ3n) is 5.64. The largest absolute Gasteiger partial charge is 0.486 e. The number of ether oxygens (including phenoxy) is 4. The summed E-state index contributed by atoms with van der Waals surface area (Å²) in [5.41, 5.74) is 0. The van der Waals surface area contributed by atoms with Crippen molar-refractivity contribution in [2.24, 2.45) is 0 Å². The van der Waals surface area contributed by atoms with Crippen molar-refractivity contribution in [1.29, 1.82) is 0 Å². The van der Waals surface area contributed by atoms with Gasteiger partial charge in [-0.1, -0.05) is 23.2 Å². The predicted molar refractivity (Wildman–Crippen MR) is 116 cm³/mol. The zero-order valence-corrected chi connectivity index (χ0v) is 18.1. The monoisotopic (exact) mass is 450 g/mol. The molecule has 2 aromatic carbocycles. The number of nitrogens with zero attached hydrogens (tertiary/aromatic N) is 2. The van der Waals surface area contributed by atoms with Gasteiger partial charge in [0.05, 0.1) is 0 Å². The molecule has 0 aliphatic carbocycles. The second-order valence-electron chi connectivity index (χ2n) is 7.89. The summed E-state index contributed by atoms with van der Waals surface area (Å²) in [5, 5.41) is 1.32. The van der Waals surface area contributed by atoms with Gasteiger partial charge in [0.15, 0.2) is 23.0 Å². The van der Waals surface area contributed by atoms with E-state index >= 15 is 0 Å². The van der Waals surface area contributed by atoms with Crippen LogP contribution in [0.1, 0.15) is 0 Å². The van der Waals surface area contributed by atoms with Crippen LogP contribution in [0.5, 0.6) is 23.0 Å². The fraction of sp³-hybridized carbons (Fsp3) is 0.455. The third kappa shape index (κ3) is 4.57. The summed E-state index contributed by atoms with van der Waals surface area (Å²) in [5.74, 6) is 2.98. The van der Waals surface area contributed by atoms with E-state index in [4.69, 9.17) is 42.1 Å². The molecule has 8 heteroatoms. The molecular weight excluding hydrogens is 427 g/mol.